The number of nitrogens with two attached hydrogens (primary N) is 1. The van der Waals surface area contributed by atoms with Gasteiger partial charge in [0.1, 0.15) is 6.10 Å². The van der Waals surface area contributed by atoms with Gasteiger partial charge in [0.2, 0.25) is 0 Å². The molecule has 7 nitrogen and oxygen atoms in total. The monoisotopic (exact) mass is 263 g/mol. The standard InChI is InChI=1S/C8H13NO6.2Na/c1-2-3-15-5(4-6(10)11)8(9,14)7(12)13;;/h2,5,14H,1,3-4,9H2,(H,10,11)(H,12,13);;/q;2*+1/p-2/t5?,8-;;/m1../s1. The molecule has 3 N–H and O–H groups in total. The molecule has 0 aromatic carbocycles. The minimum atomic E-state index is -2.89. The van der Waals surface area contributed by atoms with Crippen LogP contribution in [0, 0.1) is 0 Å². The van der Waals surface area contributed by atoms with Crippen molar-refractivity contribution in [3.8, 4) is 0 Å². The summed E-state index contributed by atoms with van der Waals surface area (Å²) in [4.78, 5) is 20.6. The summed E-state index contributed by atoms with van der Waals surface area (Å²) in [6, 6.07) is 0. The zero-order valence-corrected chi connectivity index (χ0v) is 13.8. The number of carboxylic acids is 2. The Hall–Kier alpha value is 0.560. The molecule has 0 bridgehead atoms. The van der Waals surface area contributed by atoms with Gasteiger partial charge in [0, 0.05) is 12.4 Å². The molecule has 0 saturated carbocycles. The Morgan fingerprint density at radius 2 is 1.94 bits per heavy atom. The fourth-order valence-corrected chi connectivity index (χ4v) is 0.809. The normalized spacial score (nSPS) is 14.5. The van der Waals surface area contributed by atoms with Gasteiger partial charge in [-0.1, -0.05) is 6.08 Å². The molecular weight excluding hydrogens is 252 g/mol. The van der Waals surface area contributed by atoms with Crippen LogP contribution in [-0.2, 0) is 14.3 Å². The molecule has 0 saturated heterocycles. The van der Waals surface area contributed by atoms with Crippen molar-refractivity contribution < 1.29 is 88.8 Å². The van der Waals surface area contributed by atoms with E-state index in [-0.39, 0.29) is 65.7 Å². The van der Waals surface area contributed by atoms with Crippen molar-refractivity contribution in [3.63, 3.8) is 0 Å². The van der Waals surface area contributed by atoms with E-state index in [1.54, 1.807) is 0 Å². The first-order chi connectivity index (χ1) is 6.82. The predicted molar refractivity (Wildman–Crippen MR) is 43.7 cm³/mol. The number of carboxylic acid groups (broad SMARTS) is 2. The molecule has 0 amide bonds. The van der Waals surface area contributed by atoms with Gasteiger partial charge in [-0.25, -0.2) is 0 Å². The van der Waals surface area contributed by atoms with Crippen molar-refractivity contribution >= 4 is 11.9 Å². The molecule has 9 heteroatoms. The third kappa shape index (κ3) is 8.30. The average Bonchev–Trinajstić information content (AvgIpc) is 2.11. The maximum absolute atomic E-state index is 10.4. The largest absolute Gasteiger partial charge is 1.00 e. The maximum atomic E-state index is 10.4. The van der Waals surface area contributed by atoms with Crippen LogP contribution in [0.1, 0.15) is 6.42 Å². The second-order valence-electron chi connectivity index (χ2n) is 2.80. The number of carbonyl (C=O) groups excluding carboxylic acids is 2. The summed E-state index contributed by atoms with van der Waals surface area (Å²) in [6.07, 6.45) is -1.28. The van der Waals surface area contributed by atoms with Crippen LogP contribution in [0.2, 0.25) is 0 Å². The van der Waals surface area contributed by atoms with Gasteiger partial charge in [-0.2, -0.15) is 0 Å². The van der Waals surface area contributed by atoms with Gasteiger partial charge in [0.25, 0.3) is 0 Å². The van der Waals surface area contributed by atoms with E-state index in [0.717, 1.165) is 0 Å². The van der Waals surface area contributed by atoms with E-state index < -0.39 is 30.2 Å². The third-order valence-electron chi connectivity index (χ3n) is 1.59. The van der Waals surface area contributed by atoms with Crippen molar-refractivity contribution in [1.29, 1.82) is 0 Å². The van der Waals surface area contributed by atoms with E-state index in [4.69, 9.17) is 10.5 Å². The van der Waals surface area contributed by atoms with Crippen molar-refractivity contribution in [3.05, 3.63) is 12.7 Å². The smallest absolute Gasteiger partial charge is 0.550 e. The van der Waals surface area contributed by atoms with E-state index >= 15 is 0 Å². The third-order valence-corrected chi connectivity index (χ3v) is 1.59. The summed E-state index contributed by atoms with van der Waals surface area (Å²) in [7, 11) is 0. The molecule has 1 unspecified atom stereocenters. The Morgan fingerprint density at radius 3 is 2.24 bits per heavy atom. The zero-order valence-electron chi connectivity index (χ0n) is 9.84. The maximum Gasteiger partial charge on any atom is 1.00 e. The van der Waals surface area contributed by atoms with Crippen LogP contribution < -0.4 is 75.1 Å². The molecule has 2 atom stereocenters. The quantitative estimate of drug-likeness (QED) is 0.264. The summed E-state index contributed by atoms with van der Waals surface area (Å²) in [6.45, 7) is 3.10. The minimum absolute atomic E-state index is 0. The second-order valence-corrected chi connectivity index (χ2v) is 2.80. The van der Waals surface area contributed by atoms with E-state index in [1.807, 2.05) is 0 Å². The molecule has 0 rings (SSSR count). The van der Waals surface area contributed by atoms with Crippen molar-refractivity contribution in [2.75, 3.05) is 6.61 Å². The van der Waals surface area contributed by atoms with Crippen LogP contribution in [0.25, 0.3) is 0 Å². The van der Waals surface area contributed by atoms with E-state index in [1.165, 1.54) is 6.08 Å². The summed E-state index contributed by atoms with van der Waals surface area (Å²) in [5, 5.41) is 29.8. The van der Waals surface area contributed by atoms with Gasteiger partial charge < -0.3 is 29.6 Å². The topological polar surface area (TPSA) is 136 Å². The molecule has 0 radical (unpaired) electrons. The van der Waals surface area contributed by atoms with E-state index in [0.29, 0.717) is 0 Å². The SMILES string of the molecule is C=CCOC(CC(=O)[O-])[C@@](N)(O)C(=O)[O-].[Na+].[Na+]. The molecule has 0 heterocycles. The van der Waals surface area contributed by atoms with Crippen LogP contribution in [0.15, 0.2) is 12.7 Å². The summed E-state index contributed by atoms with van der Waals surface area (Å²) < 4.78 is 4.69. The molecule has 0 aromatic rings. The minimum Gasteiger partial charge on any atom is -0.550 e. The van der Waals surface area contributed by atoms with Gasteiger partial charge in [0.05, 0.1) is 12.6 Å². The molecule has 0 spiro atoms. The molecule has 0 aliphatic carbocycles. The van der Waals surface area contributed by atoms with Crippen LogP contribution in [-0.4, -0.2) is 35.5 Å². The van der Waals surface area contributed by atoms with Crippen LogP contribution in [0.5, 0.6) is 0 Å². The zero-order chi connectivity index (χ0) is 12.1. The fraction of sp³-hybridized carbons (Fsp3) is 0.500. The number of ether oxygens (including phenoxy) is 1. The molecule has 0 aliphatic rings. The summed E-state index contributed by atoms with van der Waals surface area (Å²) in [5.74, 6) is -3.63. The van der Waals surface area contributed by atoms with Crippen molar-refractivity contribution in [1.82, 2.24) is 0 Å². The van der Waals surface area contributed by atoms with Gasteiger partial charge in [0.15, 0.2) is 5.72 Å². The Bertz CT molecular complexity index is 271. The van der Waals surface area contributed by atoms with Crippen LogP contribution in [0.4, 0.5) is 0 Å². The van der Waals surface area contributed by atoms with Crippen molar-refractivity contribution in [2.45, 2.75) is 18.2 Å². The summed E-state index contributed by atoms with van der Waals surface area (Å²) >= 11 is 0. The van der Waals surface area contributed by atoms with Crippen LogP contribution >= 0.6 is 0 Å². The average molecular weight is 263 g/mol. The summed E-state index contributed by atoms with van der Waals surface area (Å²) in [5.41, 5.74) is 2.05. The van der Waals surface area contributed by atoms with Crippen LogP contribution in [0.3, 0.4) is 0 Å². The van der Waals surface area contributed by atoms with Gasteiger partial charge in [-0.15, -0.1) is 6.58 Å². The molecular formula is C8H11NNa2O6. The number of hydrogen-bond acceptors (Lipinski definition) is 7. The Morgan fingerprint density at radius 1 is 1.47 bits per heavy atom. The molecule has 0 fully saturated rings. The number of aliphatic hydroxyl groups is 1. The number of aliphatic carboxylic acids is 2. The predicted octanol–water partition coefficient (Wildman–Crippen LogP) is -9.90. The van der Waals surface area contributed by atoms with E-state index in [9.17, 15) is 24.9 Å². The second kappa shape index (κ2) is 10.5. The van der Waals surface area contributed by atoms with Gasteiger partial charge in [-0.3, -0.25) is 5.73 Å². The number of carbonyl (C=O) groups is 2. The first-order valence-electron chi connectivity index (χ1n) is 3.97. The Kier molecular flexibility index (Phi) is 14.0. The molecule has 86 valence electrons. The molecule has 17 heavy (non-hydrogen) atoms. The van der Waals surface area contributed by atoms with Crippen molar-refractivity contribution in [2.24, 2.45) is 5.73 Å². The molecule has 0 aliphatic heterocycles. The Labute approximate surface area is 143 Å². The van der Waals surface area contributed by atoms with Gasteiger partial charge >= 0.3 is 59.1 Å². The molecule has 0 aromatic heterocycles. The fourth-order valence-electron chi connectivity index (χ4n) is 0.809. The Balaban J connectivity index is -0.000000980. The van der Waals surface area contributed by atoms with E-state index in [2.05, 4.69) is 6.58 Å². The van der Waals surface area contributed by atoms with Gasteiger partial charge in [-0.05, 0) is 0 Å². The number of rotatable bonds is 7. The first kappa shape index (κ1) is 22.7. The first-order valence-corrected chi connectivity index (χ1v) is 3.97. The number of hydrogen-bond donors (Lipinski definition) is 2.